The van der Waals surface area contributed by atoms with Gasteiger partial charge in [0.05, 0.1) is 13.7 Å². The number of nitrogens with zero attached hydrogens (tertiary/aromatic N) is 3. The van der Waals surface area contributed by atoms with Crippen molar-refractivity contribution in [3.8, 4) is 34.6 Å². The molecule has 9 nitrogen and oxygen atoms in total. The number of rotatable bonds is 8. The molecule has 4 rings (SSSR count). The molecule has 0 spiro atoms. The molecule has 0 saturated heterocycles. The number of hydrogen-bond donors (Lipinski definition) is 0. The van der Waals surface area contributed by atoms with Crippen molar-refractivity contribution in [3.05, 3.63) is 48.0 Å². The Morgan fingerprint density at radius 2 is 1.90 bits per heavy atom. The second kappa shape index (κ2) is 8.83. The standard InChI is InChI=1S/C21H21N3O6/c1-3-27-10-11-28-21-22-19(15-6-9-17-18(12-15)30-13-29-17)24(23-21)20(25)14-4-7-16(26-2)8-5-14/h4-9,12H,3,10-11,13H2,1-2H3. The van der Waals surface area contributed by atoms with E-state index in [2.05, 4.69) is 10.1 Å². The molecule has 0 atom stereocenters. The summed E-state index contributed by atoms with van der Waals surface area (Å²) in [5, 5.41) is 4.27. The molecule has 0 bridgehead atoms. The third kappa shape index (κ3) is 4.06. The summed E-state index contributed by atoms with van der Waals surface area (Å²) in [6.07, 6.45) is 0. The first kappa shape index (κ1) is 19.7. The molecule has 0 aliphatic carbocycles. The van der Waals surface area contributed by atoms with Gasteiger partial charge in [0.15, 0.2) is 17.3 Å². The van der Waals surface area contributed by atoms with E-state index >= 15 is 0 Å². The highest BCUT2D eigenvalue weighted by molar-refractivity contribution is 5.97. The molecule has 30 heavy (non-hydrogen) atoms. The number of carbonyl (C=O) groups excluding carboxylic acids is 1. The quantitative estimate of drug-likeness (QED) is 0.523. The van der Waals surface area contributed by atoms with Crippen LogP contribution in [0.1, 0.15) is 17.3 Å². The summed E-state index contributed by atoms with van der Waals surface area (Å²) in [4.78, 5) is 17.6. The van der Waals surface area contributed by atoms with E-state index in [0.717, 1.165) is 0 Å². The normalized spacial score (nSPS) is 12.1. The maximum Gasteiger partial charge on any atom is 0.336 e. The predicted octanol–water partition coefficient (Wildman–Crippen LogP) is 2.79. The number of hydrogen-bond acceptors (Lipinski definition) is 8. The van der Waals surface area contributed by atoms with Crippen LogP contribution in [0.2, 0.25) is 0 Å². The zero-order valence-electron chi connectivity index (χ0n) is 16.7. The van der Waals surface area contributed by atoms with Crippen molar-refractivity contribution in [2.24, 2.45) is 0 Å². The first-order valence-electron chi connectivity index (χ1n) is 9.46. The predicted molar refractivity (Wildman–Crippen MR) is 106 cm³/mol. The Bertz CT molecular complexity index is 1030. The molecule has 1 aromatic heterocycles. The first-order chi connectivity index (χ1) is 14.7. The van der Waals surface area contributed by atoms with E-state index < -0.39 is 0 Å². The summed E-state index contributed by atoms with van der Waals surface area (Å²) < 4.78 is 28.0. The minimum absolute atomic E-state index is 0.0873. The van der Waals surface area contributed by atoms with Crippen LogP contribution in [0.3, 0.4) is 0 Å². The Balaban J connectivity index is 1.67. The van der Waals surface area contributed by atoms with E-state index in [0.29, 0.717) is 47.4 Å². The van der Waals surface area contributed by atoms with E-state index in [9.17, 15) is 4.79 Å². The van der Waals surface area contributed by atoms with E-state index in [1.807, 2.05) is 6.92 Å². The summed E-state index contributed by atoms with van der Waals surface area (Å²) >= 11 is 0. The zero-order chi connectivity index (χ0) is 20.9. The monoisotopic (exact) mass is 411 g/mol. The van der Waals surface area contributed by atoms with Crippen molar-refractivity contribution < 1.29 is 28.5 Å². The van der Waals surface area contributed by atoms with Gasteiger partial charge in [-0.25, -0.2) is 0 Å². The largest absolute Gasteiger partial charge is 0.497 e. The zero-order valence-corrected chi connectivity index (χ0v) is 16.7. The highest BCUT2D eigenvalue weighted by Crippen LogP contribution is 2.36. The van der Waals surface area contributed by atoms with Crippen molar-refractivity contribution in [3.63, 3.8) is 0 Å². The molecule has 0 N–H and O–H groups in total. The molecule has 0 unspecified atom stereocenters. The number of aromatic nitrogens is 3. The number of methoxy groups -OCH3 is 1. The molecule has 1 aliphatic rings. The SMILES string of the molecule is CCOCCOc1nc(-c2ccc3c(c2)OCO3)n(C(=O)c2ccc(OC)cc2)n1. The molecule has 0 radical (unpaired) electrons. The lowest BCUT2D eigenvalue weighted by molar-refractivity contribution is 0.0938. The molecular formula is C21H21N3O6. The maximum absolute atomic E-state index is 13.1. The van der Waals surface area contributed by atoms with Gasteiger partial charge in [0.1, 0.15) is 12.4 Å². The number of benzene rings is 2. The van der Waals surface area contributed by atoms with Gasteiger partial charge in [0, 0.05) is 17.7 Å². The molecule has 2 aromatic carbocycles. The van der Waals surface area contributed by atoms with Gasteiger partial charge in [0.25, 0.3) is 5.91 Å². The second-order valence-corrected chi connectivity index (χ2v) is 6.28. The van der Waals surface area contributed by atoms with Crippen LogP contribution in [0.15, 0.2) is 42.5 Å². The minimum atomic E-state index is -0.350. The molecule has 1 aliphatic heterocycles. The molecule has 2 heterocycles. The third-order valence-corrected chi connectivity index (χ3v) is 4.41. The summed E-state index contributed by atoms with van der Waals surface area (Å²) in [7, 11) is 1.57. The average molecular weight is 411 g/mol. The molecule has 156 valence electrons. The van der Waals surface area contributed by atoms with E-state index in [4.69, 9.17) is 23.7 Å². The van der Waals surface area contributed by atoms with Gasteiger partial charge < -0.3 is 23.7 Å². The average Bonchev–Trinajstić information content (AvgIpc) is 3.43. The lowest BCUT2D eigenvalue weighted by Gasteiger charge is -2.06. The third-order valence-electron chi connectivity index (χ3n) is 4.41. The summed E-state index contributed by atoms with van der Waals surface area (Å²) in [6, 6.07) is 12.2. The smallest absolute Gasteiger partial charge is 0.336 e. The van der Waals surface area contributed by atoms with Crippen LogP contribution >= 0.6 is 0 Å². The van der Waals surface area contributed by atoms with Crippen molar-refractivity contribution in [2.75, 3.05) is 33.7 Å². The van der Waals surface area contributed by atoms with Gasteiger partial charge in [-0.2, -0.15) is 9.67 Å². The van der Waals surface area contributed by atoms with Crippen LogP contribution in [0, 0.1) is 0 Å². The molecule has 0 amide bonds. The first-order valence-corrected chi connectivity index (χ1v) is 9.46. The Hall–Kier alpha value is -3.59. The fourth-order valence-corrected chi connectivity index (χ4v) is 2.91. The molecule has 3 aromatic rings. The van der Waals surface area contributed by atoms with Crippen LogP contribution in [0.4, 0.5) is 0 Å². The topological polar surface area (TPSA) is 93.9 Å². The Morgan fingerprint density at radius 1 is 1.10 bits per heavy atom. The van der Waals surface area contributed by atoms with Crippen LogP contribution in [-0.4, -0.2) is 54.4 Å². The fraction of sp³-hybridized carbons (Fsp3) is 0.286. The Morgan fingerprint density at radius 3 is 2.67 bits per heavy atom. The van der Waals surface area contributed by atoms with Gasteiger partial charge in [-0.15, -0.1) is 5.10 Å². The van der Waals surface area contributed by atoms with Gasteiger partial charge in [-0.05, 0) is 49.4 Å². The van der Waals surface area contributed by atoms with Crippen molar-refractivity contribution in [2.45, 2.75) is 6.92 Å². The van der Waals surface area contributed by atoms with Crippen LogP contribution < -0.4 is 18.9 Å². The van der Waals surface area contributed by atoms with Gasteiger partial charge in [-0.3, -0.25) is 4.79 Å². The highest BCUT2D eigenvalue weighted by Gasteiger charge is 2.22. The minimum Gasteiger partial charge on any atom is -0.497 e. The second-order valence-electron chi connectivity index (χ2n) is 6.28. The van der Waals surface area contributed by atoms with E-state index in [1.54, 1.807) is 49.6 Å². The summed E-state index contributed by atoms with van der Waals surface area (Å²) in [5.74, 6) is 1.86. The Kier molecular flexibility index (Phi) is 5.80. The van der Waals surface area contributed by atoms with Gasteiger partial charge in [0.2, 0.25) is 6.79 Å². The molecule has 0 saturated carbocycles. The molecule has 0 fully saturated rings. The van der Waals surface area contributed by atoms with Crippen LogP contribution in [0.5, 0.6) is 23.3 Å². The van der Waals surface area contributed by atoms with Gasteiger partial charge >= 0.3 is 6.01 Å². The van der Waals surface area contributed by atoms with Gasteiger partial charge in [-0.1, -0.05) is 0 Å². The van der Waals surface area contributed by atoms with E-state index in [-0.39, 0.29) is 25.3 Å². The molecular weight excluding hydrogens is 390 g/mol. The lowest BCUT2D eigenvalue weighted by atomic mass is 10.1. The van der Waals surface area contributed by atoms with Crippen molar-refractivity contribution in [1.82, 2.24) is 14.8 Å². The number of carbonyl (C=O) groups is 1. The summed E-state index contributed by atoms with van der Waals surface area (Å²) in [6.45, 7) is 3.32. The van der Waals surface area contributed by atoms with E-state index in [1.165, 1.54) is 4.68 Å². The fourth-order valence-electron chi connectivity index (χ4n) is 2.91. The highest BCUT2D eigenvalue weighted by atomic mass is 16.7. The van der Waals surface area contributed by atoms with Crippen LogP contribution in [-0.2, 0) is 4.74 Å². The number of ether oxygens (including phenoxy) is 5. The maximum atomic E-state index is 13.1. The van der Waals surface area contributed by atoms with Crippen LogP contribution in [0.25, 0.3) is 11.4 Å². The lowest BCUT2D eigenvalue weighted by Crippen LogP contribution is -2.15. The van der Waals surface area contributed by atoms with Crippen molar-refractivity contribution in [1.29, 1.82) is 0 Å². The summed E-state index contributed by atoms with van der Waals surface area (Å²) in [5.41, 5.74) is 1.08. The Labute approximate surface area is 173 Å². The molecule has 9 heteroatoms. The number of fused-ring (bicyclic) bond motifs is 1. The van der Waals surface area contributed by atoms with Crippen molar-refractivity contribution >= 4 is 5.91 Å².